The van der Waals surface area contributed by atoms with Crippen molar-refractivity contribution in [3.8, 4) is 0 Å². The van der Waals surface area contributed by atoms with Crippen LogP contribution in [0.3, 0.4) is 0 Å². The molecule has 0 heterocycles. The van der Waals surface area contributed by atoms with Crippen LogP contribution in [-0.2, 0) is 0 Å². The summed E-state index contributed by atoms with van der Waals surface area (Å²) < 4.78 is 0. The van der Waals surface area contributed by atoms with E-state index in [0.717, 1.165) is 17.7 Å². The molecule has 2 aliphatic carbocycles. The molecule has 70 valence electrons. The van der Waals surface area contributed by atoms with E-state index in [-0.39, 0.29) is 0 Å². The van der Waals surface area contributed by atoms with Gasteiger partial charge in [0.1, 0.15) is 0 Å². The molecule has 2 fully saturated rings. The van der Waals surface area contributed by atoms with Crippen LogP contribution in [0.4, 0.5) is 0 Å². The zero-order valence-electron chi connectivity index (χ0n) is 7.98. The molecule has 0 bridgehead atoms. The van der Waals surface area contributed by atoms with Gasteiger partial charge in [0, 0.05) is 5.88 Å². The van der Waals surface area contributed by atoms with Gasteiger partial charge in [0.15, 0.2) is 0 Å². The lowest BCUT2D eigenvalue weighted by Gasteiger charge is -2.34. The maximum absolute atomic E-state index is 6.05. The molecule has 0 amide bonds. The second kappa shape index (κ2) is 3.21. The number of hydrogen-bond donors (Lipinski definition) is 0. The van der Waals surface area contributed by atoms with Crippen molar-refractivity contribution in [1.29, 1.82) is 0 Å². The van der Waals surface area contributed by atoms with Crippen molar-refractivity contribution in [3.63, 3.8) is 0 Å². The number of hydrogen-bond acceptors (Lipinski definition) is 0. The van der Waals surface area contributed by atoms with Crippen LogP contribution in [0.15, 0.2) is 0 Å². The molecule has 2 rings (SSSR count). The van der Waals surface area contributed by atoms with Gasteiger partial charge in [-0.25, -0.2) is 0 Å². The van der Waals surface area contributed by atoms with Crippen LogP contribution in [0, 0.1) is 17.3 Å². The van der Waals surface area contributed by atoms with E-state index in [0.29, 0.717) is 5.41 Å². The Bertz CT molecular complexity index is 160. The molecule has 1 heteroatoms. The highest BCUT2D eigenvalue weighted by Gasteiger charge is 2.50. The first kappa shape index (κ1) is 8.87. The fourth-order valence-corrected chi connectivity index (χ4v) is 3.46. The molecule has 2 atom stereocenters. The monoisotopic (exact) mass is 186 g/mol. The Balaban J connectivity index is 2.01. The number of halogens is 1. The molecule has 0 nitrogen and oxygen atoms in total. The summed E-state index contributed by atoms with van der Waals surface area (Å²) in [4.78, 5) is 0. The van der Waals surface area contributed by atoms with Gasteiger partial charge in [-0.15, -0.1) is 11.6 Å². The van der Waals surface area contributed by atoms with Crippen molar-refractivity contribution in [2.45, 2.75) is 45.4 Å². The summed E-state index contributed by atoms with van der Waals surface area (Å²) in [6.07, 6.45) is 8.62. The van der Waals surface area contributed by atoms with E-state index in [2.05, 4.69) is 6.92 Å². The number of rotatable bonds is 2. The lowest BCUT2D eigenvalue weighted by Crippen LogP contribution is -2.27. The first-order valence-electron chi connectivity index (χ1n) is 5.34. The standard InChI is InChI=1S/C11H19Cl/c1-9-4-2-3-5-10(9)11(8-12)6-7-11/h9-10H,2-8H2,1H3. The molecule has 0 radical (unpaired) electrons. The predicted molar refractivity (Wildman–Crippen MR) is 53.5 cm³/mol. The molecule has 0 saturated heterocycles. The van der Waals surface area contributed by atoms with Gasteiger partial charge in [-0.1, -0.05) is 26.2 Å². The van der Waals surface area contributed by atoms with Crippen LogP contribution in [0.5, 0.6) is 0 Å². The average molecular weight is 187 g/mol. The van der Waals surface area contributed by atoms with Crippen molar-refractivity contribution < 1.29 is 0 Å². The van der Waals surface area contributed by atoms with Gasteiger partial charge in [0.05, 0.1) is 0 Å². The average Bonchev–Trinajstić information content (AvgIpc) is 2.86. The molecular weight excluding hydrogens is 168 g/mol. The lowest BCUT2D eigenvalue weighted by atomic mass is 9.72. The third-order valence-corrected chi connectivity index (χ3v) is 4.59. The van der Waals surface area contributed by atoms with E-state index in [4.69, 9.17) is 11.6 Å². The summed E-state index contributed by atoms with van der Waals surface area (Å²) in [6.45, 7) is 2.43. The first-order valence-corrected chi connectivity index (χ1v) is 5.88. The van der Waals surface area contributed by atoms with Gasteiger partial charge in [-0.05, 0) is 36.5 Å². The van der Waals surface area contributed by atoms with Gasteiger partial charge in [-0.2, -0.15) is 0 Å². The Labute approximate surface area is 80.7 Å². The largest absolute Gasteiger partial charge is 0.126 e. The third-order valence-electron chi connectivity index (χ3n) is 4.06. The normalized spacial score (nSPS) is 39.5. The van der Waals surface area contributed by atoms with E-state index in [1.54, 1.807) is 0 Å². The van der Waals surface area contributed by atoms with E-state index in [1.807, 2.05) is 0 Å². The molecule has 0 spiro atoms. The summed E-state index contributed by atoms with van der Waals surface area (Å²) in [5.41, 5.74) is 0.599. The van der Waals surface area contributed by atoms with Crippen LogP contribution in [-0.4, -0.2) is 5.88 Å². The van der Waals surface area contributed by atoms with Crippen LogP contribution >= 0.6 is 11.6 Å². The van der Waals surface area contributed by atoms with Crippen molar-refractivity contribution in [3.05, 3.63) is 0 Å². The minimum atomic E-state index is 0.599. The molecule has 0 aromatic carbocycles. The molecular formula is C11H19Cl. The molecule has 2 saturated carbocycles. The van der Waals surface area contributed by atoms with E-state index < -0.39 is 0 Å². The van der Waals surface area contributed by atoms with E-state index in [1.165, 1.54) is 38.5 Å². The molecule has 12 heavy (non-hydrogen) atoms. The van der Waals surface area contributed by atoms with Crippen LogP contribution < -0.4 is 0 Å². The molecule has 0 aromatic heterocycles. The van der Waals surface area contributed by atoms with Crippen LogP contribution in [0.2, 0.25) is 0 Å². The smallest absolute Gasteiger partial charge is 0.0282 e. The Morgan fingerprint density at radius 3 is 2.42 bits per heavy atom. The highest BCUT2D eigenvalue weighted by molar-refractivity contribution is 6.18. The highest BCUT2D eigenvalue weighted by atomic mass is 35.5. The number of alkyl halides is 1. The van der Waals surface area contributed by atoms with Crippen molar-refractivity contribution >= 4 is 11.6 Å². The van der Waals surface area contributed by atoms with Crippen LogP contribution in [0.1, 0.15) is 45.4 Å². The summed E-state index contributed by atoms with van der Waals surface area (Å²) in [5.74, 6) is 2.82. The zero-order valence-corrected chi connectivity index (χ0v) is 8.74. The first-order chi connectivity index (χ1) is 5.78. The predicted octanol–water partition coefficient (Wildman–Crippen LogP) is 3.83. The maximum atomic E-state index is 6.05. The molecule has 0 aromatic rings. The van der Waals surface area contributed by atoms with Crippen LogP contribution in [0.25, 0.3) is 0 Å². The molecule has 0 N–H and O–H groups in total. The van der Waals surface area contributed by atoms with Gasteiger partial charge >= 0.3 is 0 Å². The van der Waals surface area contributed by atoms with Crippen molar-refractivity contribution in [1.82, 2.24) is 0 Å². The van der Waals surface area contributed by atoms with Gasteiger partial charge < -0.3 is 0 Å². The summed E-state index contributed by atoms with van der Waals surface area (Å²) >= 11 is 6.05. The quantitative estimate of drug-likeness (QED) is 0.575. The molecule has 2 unspecified atom stereocenters. The fraction of sp³-hybridized carbons (Fsp3) is 1.00. The van der Waals surface area contributed by atoms with E-state index >= 15 is 0 Å². The van der Waals surface area contributed by atoms with Gasteiger partial charge in [-0.3, -0.25) is 0 Å². The van der Waals surface area contributed by atoms with E-state index in [9.17, 15) is 0 Å². The Morgan fingerprint density at radius 1 is 1.25 bits per heavy atom. The molecule has 0 aliphatic heterocycles. The Morgan fingerprint density at radius 2 is 1.92 bits per heavy atom. The second-order valence-electron chi connectivity index (χ2n) is 4.86. The van der Waals surface area contributed by atoms with Crippen molar-refractivity contribution in [2.24, 2.45) is 17.3 Å². The van der Waals surface area contributed by atoms with Gasteiger partial charge in [0.2, 0.25) is 0 Å². The second-order valence-corrected chi connectivity index (χ2v) is 5.13. The van der Waals surface area contributed by atoms with Gasteiger partial charge in [0.25, 0.3) is 0 Å². The lowest BCUT2D eigenvalue weighted by molar-refractivity contribution is 0.171. The topological polar surface area (TPSA) is 0 Å². The summed E-state index contributed by atoms with van der Waals surface area (Å²) in [6, 6.07) is 0. The SMILES string of the molecule is CC1CCCCC1C1(CCl)CC1. The molecule has 2 aliphatic rings. The summed E-state index contributed by atoms with van der Waals surface area (Å²) in [5, 5.41) is 0. The zero-order chi connectivity index (χ0) is 8.60. The Hall–Kier alpha value is 0.290. The fourth-order valence-electron chi connectivity index (χ4n) is 2.99. The minimum Gasteiger partial charge on any atom is -0.126 e. The van der Waals surface area contributed by atoms with Crippen molar-refractivity contribution in [2.75, 3.05) is 5.88 Å². The minimum absolute atomic E-state index is 0.599. The summed E-state index contributed by atoms with van der Waals surface area (Å²) in [7, 11) is 0. The maximum Gasteiger partial charge on any atom is 0.0282 e. The Kier molecular flexibility index (Phi) is 2.37. The third kappa shape index (κ3) is 1.39. The highest BCUT2D eigenvalue weighted by Crippen LogP contribution is 2.58.